The molecule has 3 unspecified atom stereocenters. The van der Waals surface area contributed by atoms with Crippen molar-refractivity contribution in [2.24, 2.45) is 0 Å². The van der Waals surface area contributed by atoms with Gasteiger partial charge in [-0.15, -0.1) is 0 Å². The Bertz CT molecular complexity index is 461. The zero-order valence-corrected chi connectivity index (χ0v) is 12.5. The fraction of sp³-hybridized carbons (Fsp3) is 0.600. The molecule has 2 N–H and O–H groups in total. The van der Waals surface area contributed by atoms with Gasteiger partial charge in [-0.1, -0.05) is 6.07 Å². The summed E-state index contributed by atoms with van der Waals surface area (Å²) in [6.45, 7) is 2.14. The first kappa shape index (κ1) is 14.5. The van der Waals surface area contributed by atoms with E-state index in [-0.39, 0.29) is 0 Å². The monoisotopic (exact) mass is 281 g/mol. The molecule has 0 spiro atoms. The largest absolute Gasteiger partial charge is 0.508 e. The Morgan fingerprint density at radius 1 is 1.53 bits per heavy atom. The van der Waals surface area contributed by atoms with Gasteiger partial charge in [-0.3, -0.25) is 4.21 Å². The lowest BCUT2D eigenvalue weighted by molar-refractivity contribution is 0.400. The molecule has 0 fully saturated rings. The van der Waals surface area contributed by atoms with Crippen molar-refractivity contribution in [1.29, 1.82) is 0 Å². The molecule has 19 heavy (non-hydrogen) atoms. The molecule has 0 heterocycles. The van der Waals surface area contributed by atoms with Gasteiger partial charge in [-0.2, -0.15) is 0 Å². The van der Waals surface area contributed by atoms with Gasteiger partial charge in [-0.05, 0) is 55.9 Å². The van der Waals surface area contributed by atoms with Crippen molar-refractivity contribution in [2.75, 3.05) is 12.0 Å². The second kappa shape index (κ2) is 6.53. The van der Waals surface area contributed by atoms with Crippen LogP contribution in [-0.2, 0) is 17.2 Å². The Kier molecular flexibility index (Phi) is 4.99. The van der Waals surface area contributed by atoms with Gasteiger partial charge < -0.3 is 10.4 Å². The van der Waals surface area contributed by atoms with Gasteiger partial charge in [0.1, 0.15) is 5.75 Å². The quantitative estimate of drug-likeness (QED) is 0.872. The summed E-state index contributed by atoms with van der Waals surface area (Å²) >= 11 is 0. The van der Waals surface area contributed by atoms with Crippen molar-refractivity contribution in [3.63, 3.8) is 0 Å². The minimum atomic E-state index is -0.721. The lowest BCUT2D eigenvalue weighted by atomic mass is 9.87. The summed E-state index contributed by atoms with van der Waals surface area (Å²) in [5, 5.41) is 13.3. The molecule has 2 rings (SSSR count). The van der Waals surface area contributed by atoms with Crippen LogP contribution in [0.4, 0.5) is 0 Å². The van der Waals surface area contributed by atoms with Gasteiger partial charge >= 0.3 is 0 Å². The SMILES string of the molecule is CC(CCS(C)=O)NC1CCCc2ccc(O)cc21. The van der Waals surface area contributed by atoms with Gasteiger partial charge in [0.15, 0.2) is 0 Å². The first-order valence-corrected chi connectivity index (χ1v) is 8.67. The van der Waals surface area contributed by atoms with Crippen molar-refractivity contribution in [3.05, 3.63) is 29.3 Å². The van der Waals surface area contributed by atoms with Gasteiger partial charge in [0.2, 0.25) is 0 Å². The van der Waals surface area contributed by atoms with E-state index in [1.165, 1.54) is 17.5 Å². The molecule has 0 amide bonds. The molecule has 3 nitrogen and oxygen atoms in total. The van der Waals surface area contributed by atoms with E-state index in [0.717, 1.165) is 25.0 Å². The third kappa shape index (κ3) is 4.05. The van der Waals surface area contributed by atoms with Crippen LogP contribution in [0.5, 0.6) is 5.75 Å². The van der Waals surface area contributed by atoms with Gasteiger partial charge in [0.05, 0.1) is 0 Å². The maximum Gasteiger partial charge on any atom is 0.115 e. The highest BCUT2D eigenvalue weighted by molar-refractivity contribution is 7.84. The normalized spacial score (nSPS) is 21.7. The Morgan fingerprint density at radius 3 is 3.05 bits per heavy atom. The van der Waals surface area contributed by atoms with Gasteiger partial charge in [-0.25, -0.2) is 0 Å². The minimum Gasteiger partial charge on any atom is -0.508 e. The van der Waals surface area contributed by atoms with Crippen molar-refractivity contribution in [1.82, 2.24) is 5.32 Å². The zero-order valence-electron chi connectivity index (χ0n) is 11.7. The van der Waals surface area contributed by atoms with Crippen molar-refractivity contribution >= 4 is 10.8 Å². The average molecular weight is 281 g/mol. The molecule has 4 heteroatoms. The summed E-state index contributed by atoms with van der Waals surface area (Å²) in [5.74, 6) is 1.09. The summed E-state index contributed by atoms with van der Waals surface area (Å²) in [7, 11) is -0.721. The van der Waals surface area contributed by atoms with Crippen LogP contribution in [0.1, 0.15) is 43.4 Å². The molecular weight excluding hydrogens is 258 g/mol. The highest BCUT2D eigenvalue weighted by Gasteiger charge is 2.21. The van der Waals surface area contributed by atoms with E-state index < -0.39 is 10.8 Å². The number of hydrogen-bond donors (Lipinski definition) is 2. The number of phenols is 1. The average Bonchev–Trinajstić information content (AvgIpc) is 2.37. The number of phenolic OH excluding ortho intramolecular Hbond substituents is 1. The second-order valence-corrected chi connectivity index (χ2v) is 7.02. The summed E-state index contributed by atoms with van der Waals surface area (Å²) in [6.07, 6.45) is 6.06. The third-order valence-corrected chi connectivity index (χ3v) is 4.58. The molecule has 1 aliphatic rings. The maximum absolute atomic E-state index is 11.1. The predicted molar refractivity (Wildman–Crippen MR) is 79.9 cm³/mol. The fourth-order valence-corrected chi connectivity index (χ4v) is 3.41. The van der Waals surface area contributed by atoms with Crippen LogP contribution in [-0.4, -0.2) is 27.4 Å². The summed E-state index contributed by atoms with van der Waals surface area (Å²) in [5.41, 5.74) is 2.57. The van der Waals surface area contributed by atoms with Gasteiger partial charge in [0, 0.05) is 34.9 Å². The van der Waals surface area contributed by atoms with E-state index in [9.17, 15) is 9.32 Å². The van der Waals surface area contributed by atoms with E-state index >= 15 is 0 Å². The van der Waals surface area contributed by atoms with Crippen LogP contribution in [0, 0.1) is 0 Å². The zero-order chi connectivity index (χ0) is 13.8. The molecule has 0 saturated carbocycles. The van der Waals surface area contributed by atoms with Crippen LogP contribution < -0.4 is 5.32 Å². The van der Waals surface area contributed by atoms with Crippen LogP contribution in [0.15, 0.2) is 18.2 Å². The Labute approximate surface area is 117 Å². The molecule has 3 atom stereocenters. The van der Waals surface area contributed by atoms with E-state index in [4.69, 9.17) is 0 Å². The highest BCUT2D eigenvalue weighted by atomic mass is 32.2. The molecule has 1 aromatic carbocycles. The number of hydrogen-bond acceptors (Lipinski definition) is 3. The molecule has 1 aliphatic carbocycles. The topological polar surface area (TPSA) is 49.3 Å². The molecule has 0 aromatic heterocycles. The molecule has 1 aromatic rings. The number of aromatic hydroxyl groups is 1. The van der Waals surface area contributed by atoms with E-state index in [0.29, 0.717) is 17.8 Å². The first-order valence-electron chi connectivity index (χ1n) is 6.94. The summed E-state index contributed by atoms with van der Waals surface area (Å²) < 4.78 is 11.1. The van der Waals surface area contributed by atoms with E-state index in [1.807, 2.05) is 12.1 Å². The number of rotatable bonds is 5. The molecule has 0 aliphatic heterocycles. The molecule has 0 radical (unpaired) electrons. The third-order valence-electron chi connectivity index (χ3n) is 3.77. The Balaban J connectivity index is 2.02. The van der Waals surface area contributed by atoms with Crippen LogP contribution in [0.25, 0.3) is 0 Å². The van der Waals surface area contributed by atoms with Crippen molar-refractivity contribution in [2.45, 2.75) is 44.7 Å². The standard InChI is InChI=1S/C15H23NO2S/c1-11(8-9-19(2)18)16-15-5-3-4-12-6-7-13(17)10-14(12)15/h6-7,10-11,15-17H,3-5,8-9H2,1-2H3. The van der Waals surface area contributed by atoms with E-state index in [1.54, 1.807) is 12.3 Å². The number of benzene rings is 1. The van der Waals surface area contributed by atoms with Crippen molar-refractivity contribution in [3.8, 4) is 5.75 Å². The molecular formula is C15H23NO2S. The number of fused-ring (bicyclic) bond motifs is 1. The molecule has 0 saturated heterocycles. The second-order valence-electron chi connectivity index (χ2n) is 5.46. The Morgan fingerprint density at radius 2 is 2.32 bits per heavy atom. The molecule has 106 valence electrons. The van der Waals surface area contributed by atoms with Crippen molar-refractivity contribution < 1.29 is 9.32 Å². The number of nitrogens with one attached hydrogen (secondary N) is 1. The van der Waals surface area contributed by atoms with E-state index in [2.05, 4.69) is 12.2 Å². The Hall–Kier alpha value is -0.870. The van der Waals surface area contributed by atoms with Crippen LogP contribution in [0.2, 0.25) is 0 Å². The predicted octanol–water partition coefficient (Wildman–Crippen LogP) is 2.52. The summed E-state index contributed by atoms with van der Waals surface area (Å²) in [6, 6.07) is 6.35. The molecule has 0 bridgehead atoms. The lowest BCUT2D eigenvalue weighted by Gasteiger charge is -2.29. The summed E-state index contributed by atoms with van der Waals surface area (Å²) in [4.78, 5) is 0. The minimum absolute atomic E-state index is 0.316. The highest BCUT2D eigenvalue weighted by Crippen LogP contribution is 2.32. The number of aryl methyl sites for hydroxylation is 1. The van der Waals surface area contributed by atoms with Crippen LogP contribution >= 0.6 is 0 Å². The van der Waals surface area contributed by atoms with Gasteiger partial charge in [0.25, 0.3) is 0 Å². The lowest BCUT2D eigenvalue weighted by Crippen LogP contribution is -2.33. The maximum atomic E-state index is 11.1. The first-order chi connectivity index (χ1) is 9.06. The smallest absolute Gasteiger partial charge is 0.115 e. The fourth-order valence-electron chi connectivity index (χ4n) is 2.73. The van der Waals surface area contributed by atoms with Crippen LogP contribution in [0.3, 0.4) is 0 Å².